The Bertz CT molecular complexity index is 422. The van der Waals surface area contributed by atoms with Crippen LogP contribution in [0.4, 0.5) is 0 Å². The van der Waals surface area contributed by atoms with Crippen LogP contribution >= 0.6 is 0 Å². The number of aromatic nitrogens is 1. The van der Waals surface area contributed by atoms with Crippen LogP contribution in [0.2, 0.25) is 0 Å². The largest absolute Gasteiger partial charge is 0.347 e. The van der Waals surface area contributed by atoms with E-state index in [9.17, 15) is 0 Å². The minimum Gasteiger partial charge on any atom is -0.347 e. The molecule has 0 saturated carbocycles. The second-order valence-electron chi connectivity index (χ2n) is 5.20. The van der Waals surface area contributed by atoms with Gasteiger partial charge in [-0.1, -0.05) is 6.07 Å². The molecule has 3 heterocycles. The highest BCUT2D eigenvalue weighted by atomic mass is 16.7. The van der Waals surface area contributed by atoms with E-state index >= 15 is 0 Å². The molecule has 2 saturated heterocycles. The zero-order valence-electron chi connectivity index (χ0n) is 11.2. The number of nitrogens with two attached hydrogens (primary N) is 1. The standard InChI is InChI=1S/C14H21N3O2/c15-10-13-12(2-1-5-16-13)11-17-6-3-14(4-7-17)18-8-9-19-14/h1-2,5H,3-4,6-11,15H2. The average molecular weight is 263 g/mol. The van der Waals surface area contributed by atoms with Gasteiger partial charge in [-0.3, -0.25) is 9.88 Å². The molecule has 0 amide bonds. The molecule has 5 heteroatoms. The summed E-state index contributed by atoms with van der Waals surface area (Å²) in [6, 6.07) is 4.09. The Kier molecular flexibility index (Phi) is 3.79. The van der Waals surface area contributed by atoms with Crippen LogP contribution < -0.4 is 5.73 Å². The highest BCUT2D eigenvalue weighted by molar-refractivity contribution is 5.19. The van der Waals surface area contributed by atoms with Gasteiger partial charge in [-0.05, 0) is 11.6 Å². The summed E-state index contributed by atoms with van der Waals surface area (Å²) in [4.78, 5) is 6.76. The summed E-state index contributed by atoms with van der Waals surface area (Å²) in [5, 5.41) is 0. The van der Waals surface area contributed by atoms with Crippen LogP contribution in [0, 0.1) is 0 Å². The average Bonchev–Trinajstić information content (AvgIpc) is 2.91. The van der Waals surface area contributed by atoms with Crippen molar-refractivity contribution in [2.24, 2.45) is 5.73 Å². The lowest BCUT2D eigenvalue weighted by Crippen LogP contribution is -2.44. The zero-order chi connectivity index (χ0) is 13.1. The van der Waals surface area contributed by atoms with Crippen molar-refractivity contribution >= 4 is 0 Å². The predicted molar refractivity (Wildman–Crippen MR) is 71.3 cm³/mol. The van der Waals surface area contributed by atoms with Gasteiger partial charge in [0.25, 0.3) is 0 Å². The summed E-state index contributed by atoms with van der Waals surface area (Å²) in [5.41, 5.74) is 7.96. The molecular formula is C14H21N3O2. The van der Waals surface area contributed by atoms with Crippen molar-refractivity contribution in [3.8, 4) is 0 Å². The third kappa shape index (κ3) is 2.79. The van der Waals surface area contributed by atoms with E-state index in [1.807, 2.05) is 6.07 Å². The maximum atomic E-state index is 5.74. The molecular weight excluding hydrogens is 242 g/mol. The van der Waals surface area contributed by atoms with Gasteiger partial charge in [0.15, 0.2) is 5.79 Å². The molecule has 1 aromatic heterocycles. The van der Waals surface area contributed by atoms with Crippen LogP contribution in [0.1, 0.15) is 24.1 Å². The van der Waals surface area contributed by atoms with Crippen molar-refractivity contribution in [1.82, 2.24) is 9.88 Å². The van der Waals surface area contributed by atoms with Gasteiger partial charge in [0.2, 0.25) is 0 Å². The van der Waals surface area contributed by atoms with Crippen LogP contribution in [-0.2, 0) is 22.6 Å². The number of hydrogen-bond donors (Lipinski definition) is 1. The summed E-state index contributed by atoms with van der Waals surface area (Å²) in [6.07, 6.45) is 3.70. The fourth-order valence-electron chi connectivity index (χ4n) is 2.88. The highest BCUT2D eigenvalue weighted by Gasteiger charge is 2.39. The molecule has 0 atom stereocenters. The van der Waals surface area contributed by atoms with E-state index in [0.29, 0.717) is 6.54 Å². The van der Waals surface area contributed by atoms with Gasteiger partial charge < -0.3 is 15.2 Å². The van der Waals surface area contributed by atoms with Crippen LogP contribution in [-0.4, -0.2) is 42.0 Å². The fraction of sp³-hybridized carbons (Fsp3) is 0.643. The Morgan fingerprint density at radius 1 is 1.26 bits per heavy atom. The number of nitrogens with zero attached hydrogens (tertiary/aromatic N) is 2. The first-order chi connectivity index (χ1) is 9.31. The number of likely N-dealkylation sites (tertiary alicyclic amines) is 1. The molecule has 0 aromatic carbocycles. The lowest BCUT2D eigenvalue weighted by molar-refractivity contribution is -0.185. The third-order valence-electron chi connectivity index (χ3n) is 4.00. The van der Waals surface area contributed by atoms with Gasteiger partial charge in [-0.15, -0.1) is 0 Å². The molecule has 104 valence electrons. The lowest BCUT2D eigenvalue weighted by Gasteiger charge is -2.37. The van der Waals surface area contributed by atoms with E-state index < -0.39 is 0 Å². The molecule has 2 aliphatic heterocycles. The Hall–Kier alpha value is -1.01. The molecule has 3 rings (SSSR count). The van der Waals surface area contributed by atoms with Crippen molar-refractivity contribution in [3.05, 3.63) is 29.6 Å². The number of pyridine rings is 1. The summed E-state index contributed by atoms with van der Waals surface area (Å²) < 4.78 is 11.5. The molecule has 19 heavy (non-hydrogen) atoms. The Labute approximate surface area is 113 Å². The summed E-state index contributed by atoms with van der Waals surface area (Å²) >= 11 is 0. The molecule has 5 nitrogen and oxygen atoms in total. The first-order valence-electron chi connectivity index (χ1n) is 6.94. The minimum atomic E-state index is -0.290. The monoisotopic (exact) mass is 263 g/mol. The molecule has 2 fully saturated rings. The van der Waals surface area contributed by atoms with Gasteiger partial charge in [0.05, 0.1) is 18.9 Å². The first kappa shape index (κ1) is 13.0. The lowest BCUT2D eigenvalue weighted by atomic mass is 10.0. The summed E-state index contributed by atoms with van der Waals surface area (Å²) in [7, 11) is 0. The summed E-state index contributed by atoms with van der Waals surface area (Å²) in [5.74, 6) is -0.290. The Balaban J connectivity index is 1.60. The molecule has 0 bridgehead atoms. The van der Waals surface area contributed by atoms with E-state index in [2.05, 4.69) is 16.0 Å². The number of rotatable bonds is 3. The molecule has 0 unspecified atom stereocenters. The van der Waals surface area contributed by atoms with Crippen molar-refractivity contribution in [2.45, 2.75) is 31.7 Å². The van der Waals surface area contributed by atoms with E-state index in [1.54, 1.807) is 6.20 Å². The Morgan fingerprint density at radius 2 is 2.00 bits per heavy atom. The van der Waals surface area contributed by atoms with Gasteiger partial charge in [-0.2, -0.15) is 0 Å². The molecule has 1 spiro atoms. The quantitative estimate of drug-likeness (QED) is 0.877. The summed E-state index contributed by atoms with van der Waals surface area (Å²) in [6.45, 7) is 4.88. The zero-order valence-corrected chi connectivity index (χ0v) is 11.2. The maximum absolute atomic E-state index is 5.74. The maximum Gasteiger partial charge on any atom is 0.170 e. The van der Waals surface area contributed by atoms with E-state index in [4.69, 9.17) is 15.2 Å². The van der Waals surface area contributed by atoms with Gasteiger partial charge in [0.1, 0.15) is 0 Å². The van der Waals surface area contributed by atoms with Crippen LogP contribution in [0.15, 0.2) is 18.3 Å². The molecule has 2 N–H and O–H groups in total. The first-order valence-corrected chi connectivity index (χ1v) is 6.94. The molecule has 0 radical (unpaired) electrons. The number of piperidine rings is 1. The Morgan fingerprint density at radius 3 is 2.68 bits per heavy atom. The van der Waals surface area contributed by atoms with Crippen LogP contribution in [0.3, 0.4) is 0 Å². The SMILES string of the molecule is NCc1ncccc1CN1CCC2(CC1)OCCO2. The van der Waals surface area contributed by atoms with Gasteiger partial charge >= 0.3 is 0 Å². The number of ether oxygens (including phenoxy) is 2. The van der Waals surface area contributed by atoms with Crippen molar-refractivity contribution in [1.29, 1.82) is 0 Å². The van der Waals surface area contributed by atoms with Crippen molar-refractivity contribution < 1.29 is 9.47 Å². The number of hydrogen-bond acceptors (Lipinski definition) is 5. The van der Waals surface area contributed by atoms with Crippen molar-refractivity contribution in [2.75, 3.05) is 26.3 Å². The normalized spacial score (nSPS) is 23.0. The highest BCUT2D eigenvalue weighted by Crippen LogP contribution is 2.31. The third-order valence-corrected chi connectivity index (χ3v) is 4.00. The molecule has 2 aliphatic rings. The van der Waals surface area contributed by atoms with E-state index in [-0.39, 0.29) is 5.79 Å². The smallest absolute Gasteiger partial charge is 0.170 e. The second kappa shape index (κ2) is 5.54. The molecule has 0 aliphatic carbocycles. The van der Waals surface area contributed by atoms with E-state index in [0.717, 1.165) is 51.4 Å². The van der Waals surface area contributed by atoms with Gasteiger partial charge in [0, 0.05) is 45.2 Å². The molecule has 1 aromatic rings. The van der Waals surface area contributed by atoms with Crippen molar-refractivity contribution in [3.63, 3.8) is 0 Å². The van der Waals surface area contributed by atoms with Gasteiger partial charge in [-0.25, -0.2) is 0 Å². The second-order valence-corrected chi connectivity index (χ2v) is 5.20. The van der Waals surface area contributed by atoms with Crippen LogP contribution in [0.5, 0.6) is 0 Å². The van der Waals surface area contributed by atoms with E-state index in [1.165, 1.54) is 5.56 Å². The predicted octanol–water partition coefficient (Wildman–Crippen LogP) is 0.879. The van der Waals surface area contributed by atoms with Crippen LogP contribution in [0.25, 0.3) is 0 Å². The minimum absolute atomic E-state index is 0.290. The topological polar surface area (TPSA) is 60.6 Å². The fourth-order valence-corrected chi connectivity index (χ4v) is 2.88.